The molecular formula is C15H26N2S. The molecule has 0 bridgehead atoms. The first-order valence-corrected chi connectivity index (χ1v) is 8.02. The molecule has 1 saturated carbocycles. The first-order valence-electron chi connectivity index (χ1n) is 7.14. The van der Waals surface area contributed by atoms with Gasteiger partial charge in [-0.15, -0.1) is 11.3 Å². The van der Waals surface area contributed by atoms with Crippen LogP contribution in [-0.4, -0.2) is 11.5 Å². The van der Waals surface area contributed by atoms with Crippen molar-refractivity contribution in [3.8, 4) is 0 Å². The van der Waals surface area contributed by atoms with Crippen LogP contribution in [0.15, 0.2) is 11.7 Å². The van der Waals surface area contributed by atoms with Gasteiger partial charge in [0.1, 0.15) is 0 Å². The van der Waals surface area contributed by atoms with Crippen molar-refractivity contribution in [2.75, 3.05) is 6.54 Å². The summed E-state index contributed by atoms with van der Waals surface area (Å²) in [5.74, 6) is 1.81. The molecule has 0 unspecified atom stereocenters. The molecule has 2 rings (SSSR count). The van der Waals surface area contributed by atoms with Gasteiger partial charge in [0.05, 0.1) is 5.51 Å². The van der Waals surface area contributed by atoms with Crippen LogP contribution in [0.5, 0.6) is 0 Å². The lowest BCUT2D eigenvalue weighted by atomic mass is 9.70. The van der Waals surface area contributed by atoms with Crippen LogP contribution in [-0.2, 0) is 6.54 Å². The molecule has 0 atom stereocenters. The number of hydrogen-bond acceptors (Lipinski definition) is 3. The highest BCUT2D eigenvalue weighted by Gasteiger charge is 2.29. The second-order valence-corrected chi connectivity index (χ2v) is 7.65. The Morgan fingerprint density at radius 3 is 2.56 bits per heavy atom. The molecule has 18 heavy (non-hydrogen) atoms. The second-order valence-electron chi connectivity index (χ2n) is 6.68. The van der Waals surface area contributed by atoms with Gasteiger partial charge in [0.15, 0.2) is 0 Å². The van der Waals surface area contributed by atoms with Crippen molar-refractivity contribution in [3.63, 3.8) is 0 Å². The van der Waals surface area contributed by atoms with Crippen LogP contribution < -0.4 is 5.32 Å². The Hall–Kier alpha value is -0.410. The van der Waals surface area contributed by atoms with Gasteiger partial charge in [-0.05, 0) is 49.5 Å². The molecule has 1 aromatic heterocycles. The summed E-state index contributed by atoms with van der Waals surface area (Å²) in [5.41, 5.74) is 2.41. The van der Waals surface area contributed by atoms with Crippen LogP contribution in [0.1, 0.15) is 51.3 Å². The predicted octanol–water partition coefficient (Wildman–Crippen LogP) is 4.09. The van der Waals surface area contributed by atoms with Gasteiger partial charge in [0, 0.05) is 17.6 Å². The van der Waals surface area contributed by atoms with Gasteiger partial charge in [-0.1, -0.05) is 20.8 Å². The van der Waals surface area contributed by atoms with Crippen molar-refractivity contribution in [1.29, 1.82) is 0 Å². The summed E-state index contributed by atoms with van der Waals surface area (Å²) in [6, 6.07) is 0. The summed E-state index contributed by atoms with van der Waals surface area (Å²) in [7, 11) is 0. The quantitative estimate of drug-likeness (QED) is 0.888. The minimum Gasteiger partial charge on any atom is -0.312 e. The van der Waals surface area contributed by atoms with Crippen molar-refractivity contribution in [1.82, 2.24) is 10.3 Å². The third kappa shape index (κ3) is 4.06. The molecule has 1 aliphatic rings. The maximum absolute atomic E-state index is 4.10. The number of rotatable bonds is 4. The van der Waals surface area contributed by atoms with Gasteiger partial charge in [-0.2, -0.15) is 0 Å². The minimum absolute atomic E-state index is 0.501. The zero-order chi connectivity index (χ0) is 13.0. The van der Waals surface area contributed by atoms with Gasteiger partial charge in [0.2, 0.25) is 0 Å². The molecule has 1 aromatic rings. The lowest BCUT2D eigenvalue weighted by Crippen LogP contribution is -2.30. The zero-order valence-corrected chi connectivity index (χ0v) is 12.7. The monoisotopic (exact) mass is 266 g/mol. The van der Waals surface area contributed by atoms with Gasteiger partial charge >= 0.3 is 0 Å². The van der Waals surface area contributed by atoms with Crippen LogP contribution in [0.3, 0.4) is 0 Å². The first-order chi connectivity index (χ1) is 8.55. The van der Waals surface area contributed by atoms with Crippen LogP contribution in [0.25, 0.3) is 0 Å². The lowest BCUT2D eigenvalue weighted by molar-refractivity contribution is 0.149. The van der Waals surface area contributed by atoms with Crippen molar-refractivity contribution >= 4 is 11.3 Å². The third-order valence-electron chi connectivity index (χ3n) is 4.29. The smallest absolute Gasteiger partial charge is 0.0794 e. The number of aromatic nitrogens is 1. The van der Waals surface area contributed by atoms with Gasteiger partial charge < -0.3 is 5.32 Å². The Morgan fingerprint density at radius 1 is 1.28 bits per heavy atom. The SMILES string of the molecule is CC(C)(C)C1CCC(CNCc2cncs2)CC1. The van der Waals surface area contributed by atoms with Gasteiger partial charge in [0.25, 0.3) is 0 Å². The average molecular weight is 266 g/mol. The highest BCUT2D eigenvalue weighted by molar-refractivity contribution is 7.09. The molecule has 1 N–H and O–H groups in total. The molecule has 0 aromatic carbocycles. The normalized spacial score (nSPS) is 25.3. The topological polar surface area (TPSA) is 24.9 Å². The molecular weight excluding hydrogens is 240 g/mol. The lowest BCUT2D eigenvalue weighted by Gasteiger charge is -2.37. The van der Waals surface area contributed by atoms with E-state index in [1.165, 1.54) is 37.1 Å². The summed E-state index contributed by atoms with van der Waals surface area (Å²) >= 11 is 1.74. The van der Waals surface area contributed by atoms with Crippen molar-refractivity contribution < 1.29 is 0 Å². The van der Waals surface area contributed by atoms with Gasteiger partial charge in [-0.3, -0.25) is 4.98 Å². The number of nitrogens with zero attached hydrogens (tertiary/aromatic N) is 1. The first kappa shape index (κ1) is 14.0. The Balaban J connectivity index is 1.65. The molecule has 2 nitrogen and oxygen atoms in total. The molecule has 0 aliphatic heterocycles. The molecule has 1 heterocycles. The summed E-state index contributed by atoms with van der Waals surface area (Å²) < 4.78 is 0. The molecule has 102 valence electrons. The molecule has 0 spiro atoms. The van der Waals surface area contributed by atoms with Crippen LogP contribution in [0, 0.1) is 17.3 Å². The van der Waals surface area contributed by atoms with E-state index in [4.69, 9.17) is 0 Å². The molecule has 0 amide bonds. The molecule has 0 radical (unpaired) electrons. The van der Waals surface area contributed by atoms with E-state index < -0.39 is 0 Å². The Labute approximate surface area is 115 Å². The number of nitrogens with one attached hydrogen (secondary N) is 1. The van der Waals surface area contributed by atoms with E-state index in [0.717, 1.165) is 18.4 Å². The Bertz CT molecular complexity index is 332. The van der Waals surface area contributed by atoms with Crippen molar-refractivity contribution in [3.05, 3.63) is 16.6 Å². The third-order valence-corrected chi connectivity index (χ3v) is 5.07. The van der Waals surface area contributed by atoms with E-state index in [1.807, 2.05) is 11.7 Å². The van der Waals surface area contributed by atoms with E-state index in [9.17, 15) is 0 Å². The summed E-state index contributed by atoms with van der Waals surface area (Å²) in [6.07, 6.45) is 7.59. The van der Waals surface area contributed by atoms with Crippen LogP contribution in [0.2, 0.25) is 0 Å². The maximum Gasteiger partial charge on any atom is 0.0794 e. The standard InChI is InChI=1S/C15H26N2S/c1-15(2,3)13-6-4-12(5-7-13)8-16-9-14-10-17-11-18-14/h10-13,16H,4-9H2,1-3H3. The molecule has 3 heteroatoms. The summed E-state index contributed by atoms with van der Waals surface area (Å²) in [4.78, 5) is 5.45. The molecule has 1 fully saturated rings. The van der Waals surface area contributed by atoms with Crippen LogP contribution in [0.4, 0.5) is 0 Å². The fourth-order valence-electron chi connectivity index (χ4n) is 2.96. The maximum atomic E-state index is 4.10. The Kier molecular flexibility index (Phi) is 4.79. The summed E-state index contributed by atoms with van der Waals surface area (Å²) in [6.45, 7) is 9.33. The van der Waals surface area contributed by atoms with E-state index in [-0.39, 0.29) is 0 Å². The van der Waals surface area contributed by atoms with Gasteiger partial charge in [-0.25, -0.2) is 0 Å². The van der Waals surface area contributed by atoms with Crippen molar-refractivity contribution in [2.45, 2.75) is 53.0 Å². The number of hydrogen-bond donors (Lipinski definition) is 1. The summed E-state index contributed by atoms with van der Waals surface area (Å²) in [5, 5.41) is 3.58. The molecule has 0 saturated heterocycles. The average Bonchev–Trinajstić information content (AvgIpc) is 2.82. The Morgan fingerprint density at radius 2 is 2.00 bits per heavy atom. The zero-order valence-electron chi connectivity index (χ0n) is 11.9. The van der Waals surface area contributed by atoms with E-state index in [0.29, 0.717) is 5.41 Å². The van der Waals surface area contributed by atoms with Crippen molar-refractivity contribution in [2.24, 2.45) is 17.3 Å². The number of thiazole rings is 1. The largest absolute Gasteiger partial charge is 0.312 e. The van der Waals surface area contributed by atoms with E-state index in [1.54, 1.807) is 11.3 Å². The fourth-order valence-corrected chi connectivity index (χ4v) is 3.53. The fraction of sp³-hybridized carbons (Fsp3) is 0.800. The second kappa shape index (κ2) is 6.16. The van der Waals surface area contributed by atoms with E-state index in [2.05, 4.69) is 31.1 Å². The van der Waals surface area contributed by atoms with Crippen LogP contribution >= 0.6 is 11.3 Å². The highest BCUT2D eigenvalue weighted by atomic mass is 32.1. The van der Waals surface area contributed by atoms with E-state index >= 15 is 0 Å². The molecule has 1 aliphatic carbocycles. The highest BCUT2D eigenvalue weighted by Crippen LogP contribution is 2.39. The predicted molar refractivity (Wildman–Crippen MR) is 78.7 cm³/mol. The minimum atomic E-state index is 0.501.